The van der Waals surface area contributed by atoms with Crippen LogP contribution in [0.15, 0.2) is 42.7 Å². The highest BCUT2D eigenvalue weighted by Gasteiger charge is 2.18. The first-order valence-corrected chi connectivity index (χ1v) is 12.9. The lowest BCUT2D eigenvalue weighted by atomic mass is 10.1. The Labute approximate surface area is 213 Å². The second-order valence-electron chi connectivity index (χ2n) is 9.20. The summed E-state index contributed by atoms with van der Waals surface area (Å²) in [7, 11) is 1.43. The summed E-state index contributed by atoms with van der Waals surface area (Å²) in [6.45, 7) is 8.23. The first kappa shape index (κ1) is 26.1. The Morgan fingerprint density at radius 1 is 1.06 bits per heavy atom. The number of carbonyl (C=O) groups excluding carboxylic acids is 1. The second kappa shape index (κ2) is 13.9. The molecule has 0 spiro atoms. The molecule has 0 amide bonds. The van der Waals surface area contributed by atoms with Gasteiger partial charge in [-0.3, -0.25) is 14.6 Å². The lowest BCUT2D eigenvalue weighted by molar-refractivity contribution is -0.140. The summed E-state index contributed by atoms with van der Waals surface area (Å²) < 4.78 is 10.4. The van der Waals surface area contributed by atoms with Gasteiger partial charge in [0.05, 0.1) is 19.1 Å². The zero-order chi connectivity index (χ0) is 25.0. The number of rotatable bonds is 14. The molecule has 0 saturated carbocycles. The van der Waals surface area contributed by atoms with Gasteiger partial charge in [0.1, 0.15) is 17.8 Å². The minimum Gasteiger partial charge on any atom is -0.469 e. The lowest BCUT2D eigenvalue weighted by Crippen LogP contribution is -2.46. The first-order valence-electron chi connectivity index (χ1n) is 12.9. The van der Waals surface area contributed by atoms with Gasteiger partial charge in [-0.05, 0) is 30.9 Å². The van der Waals surface area contributed by atoms with Crippen LogP contribution in [0.3, 0.4) is 0 Å². The van der Waals surface area contributed by atoms with Crippen LogP contribution in [0.2, 0.25) is 0 Å². The Morgan fingerprint density at radius 3 is 2.67 bits per heavy atom. The third kappa shape index (κ3) is 8.01. The normalized spacial score (nSPS) is 14.8. The van der Waals surface area contributed by atoms with E-state index in [9.17, 15) is 4.79 Å². The Kier molecular flexibility index (Phi) is 10.1. The fourth-order valence-corrected chi connectivity index (χ4v) is 4.47. The quantitative estimate of drug-likeness (QED) is 0.261. The van der Waals surface area contributed by atoms with Crippen molar-refractivity contribution < 1.29 is 14.3 Å². The average Bonchev–Trinajstić information content (AvgIpc) is 3.33. The number of benzene rings is 1. The van der Waals surface area contributed by atoms with Crippen molar-refractivity contribution >= 4 is 22.8 Å². The Hall–Kier alpha value is -3.01. The molecule has 1 aliphatic heterocycles. The van der Waals surface area contributed by atoms with E-state index in [2.05, 4.69) is 65.1 Å². The molecule has 0 aliphatic carbocycles. The smallest absolute Gasteiger partial charge is 0.305 e. The van der Waals surface area contributed by atoms with E-state index >= 15 is 0 Å². The third-order valence-corrected chi connectivity index (χ3v) is 6.59. The van der Waals surface area contributed by atoms with Gasteiger partial charge in [0.2, 0.25) is 0 Å². The van der Waals surface area contributed by atoms with Crippen LogP contribution in [0.5, 0.6) is 0 Å². The molecule has 2 aromatic heterocycles. The maximum absolute atomic E-state index is 11.1. The van der Waals surface area contributed by atoms with E-state index in [0.29, 0.717) is 13.0 Å². The van der Waals surface area contributed by atoms with Gasteiger partial charge in [0.25, 0.3) is 0 Å². The number of hydrogen-bond donors (Lipinski definition) is 2. The Morgan fingerprint density at radius 2 is 1.86 bits per heavy atom. The van der Waals surface area contributed by atoms with E-state index in [1.54, 1.807) is 6.33 Å². The average molecular weight is 495 g/mol. The van der Waals surface area contributed by atoms with Crippen LogP contribution < -0.4 is 5.32 Å². The number of aromatic nitrogens is 3. The number of carbonyl (C=O) groups is 1. The third-order valence-electron chi connectivity index (χ3n) is 6.59. The van der Waals surface area contributed by atoms with Crippen LogP contribution in [-0.4, -0.2) is 90.3 Å². The van der Waals surface area contributed by atoms with Crippen LogP contribution in [0, 0.1) is 0 Å². The van der Waals surface area contributed by atoms with Gasteiger partial charge < -0.3 is 19.8 Å². The number of unbranched alkanes of at least 4 members (excludes halogenated alkanes) is 1. The maximum Gasteiger partial charge on any atom is 0.305 e. The van der Waals surface area contributed by atoms with E-state index in [0.717, 1.165) is 88.5 Å². The van der Waals surface area contributed by atoms with Crippen molar-refractivity contribution in [1.82, 2.24) is 24.8 Å². The number of aromatic amines is 1. The molecule has 36 heavy (non-hydrogen) atoms. The molecule has 0 atom stereocenters. The number of hydrogen-bond acceptors (Lipinski definition) is 8. The highest BCUT2D eigenvalue weighted by atomic mass is 16.5. The molecule has 194 valence electrons. The molecule has 1 aliphatic rings. The standard InChI is InChI=1S/C27H38N6O3/c1-35-25(34)9-5-6-17-36-18-16-32-12-14-33(15-13-32)20-23-19-24-26(29-21-30-27(24)31-23)28-11-10-22-7-3-2-4-8-22/h2-4,7-8,19,21H,5-6,9-18,20H2,1H3,(H2,28,29,30,31). The van der Waals surface area contributed by atoms with Crippen LogP contribution in [0.4, 0.5) is 5.82 Å². The number of piperazine rings is 1. The molecule has 9 nitrogen and oxygen atoms in total. The van der Waals surface area contributed by atoms with Crippen molar-refractivity contribution in [3.8, 4) is 0 Å². The molecule has 9 heteroatoms. The molecule has 3 heterocycles. The summed E-state index contributed by atoms with van der Waals surface area (Å²) in [4.78, 5) is 28.4. The molecular formula is C27H38N6O3. The number of nitrogens with zero attached hydrogens (tertiary/aromatic N) is 4. The molecule has 0 unspecified atom stereocenters. The molecule has 0 radical (unpaired) electrons. The number of methoxy groups -OCH3 is 1. The van der Waals surface area contributed by atoms with Crippen molar-refractivity contribution in [3.05, 3.63) is 54.0 Å². The summed E-state index contributed by atoms with van der Waals surface area (Å²) in [5.74, 6) is 0.734. The lowest BCUT2D eigenvalue weighted by Gasteiger charge is -2.34. The van der Waals surface area contributed by atoms with E-state index in [4.69, 9.17) is 4.74 Å². The fourth-order valence-electron chi connectivity index (χ4n) is 4.47. The molecule has 1 saturated heterocycles. The maximum atomic E-state index is 11.1. The van der Waals surface area contributed by atoms with Crippen molar-refractivity contribution in [1.29, 1.82) is 0 Å². The van der Waals surface area contributed by atoms with Crippen LogP contribution in [0.25, 0.3) is 11.0 Å². The zero-order valence-electron chi connectivity index (χ0n) is 21.2. The monoisotopic (exact) mass is 494 g/mol. The number of H-pyrrole nitrogens is 1. The molecule has 0 bridgehead atoms. The molecule has 4 rings (SSSR count). The zero-order valence-corrected chi connectivity index (χ0v) is 21.2. The minimum atomic E-state index is -0.149. The predicted molar refractivity (Wildman–Crippen MR) is 141 cm³/mol. The second-order valence-corrected chi connectivity index (χ2v) is 9.20. The Balaban J connectivity index is 1.15. The summed E-state index contributed by atoms with van der Waals surface area (Å²) in [6, 6.07) is 12.7. The summed E-state index contributed by atoms with van der Waals surface area (Å²) in [5.41, 5.74) is 3.36. The topological polar surface area (TPSA) is 95.6 Å². The largest absolute Gasteiger partial charge is 0.469 e. The van der Waals surface area contributed by atoms with Crippen molar-refractivity contribution in [3.63, 3.8) is 0 Å². The van der Waals surface area contributed by atoms with Gasteiger partial charge in [0.15, 0.2) is 0 Å². The molecule has 1 fully saturated rings. The van der Waals surface area contributed by atoms with Crippen LogP contribution in [-0.2, 0) is 27.2 Å². The van der Waals surface area contributed by atoms with Gasteiger partial charge in [-0.2, -0.15) is 0 Å². The van der Waals surface area contributed by atoms with Gasteiger partial charge in [-0.25, -0.2) is 9.97 Å². The number of fused-ring (bicyclic) bond motifs is 1. The van der Waals surface area contributed by atoms with Crippen molar-refractivity contribution in [2.75, 3.05) is 64.9 Å². The highest BCUT2D eigenvalue weighted by Crippen LogP contribution is 2.21. The van der Waals surface area contributed by atoms with Crippen LogP contribution in [0.1, 0.15) is 30.5 Å². The van der Waals surface area contributed by atoms with E-state index in [1.165, 1.54) is 18.4 Å². The van der Waals surface area contributed by atoms with E-state index in [1.807, 2.05) is 6.07 Å². The van der Waals surface area contributed by atoms with Gasteiger partial charge in [-0.1, -0.05) is 30.3 Å². The Bertz CT molecular complexity index is 1070. The van der Waals surface area contributed by atoms with Gasteiger partial charge >= 0.3 is 5.97 Å². The minimum absolute atomic E-state index is 0.149. The summed E-state index contributed by atoms with van der Waals surface area (Å²) in [5, 5.41) is 4.52. The summed E-state index contributed by atoms with van der Waals surface area (Å²) >= 11 is 0. The summed E-state index contributed by atoms with van der Waals surface area (Å²) in [6.07, 6.45) is 4.75. The SMILES string of the molecule is COC(=O)CCCCOCCN1CCN(Cc2cc3c(NCCc4ccccc4)ncnc3[nH]2)CC1. The van der Waals surface area contributed by atoms with E-state index in [-0.39, 0.29) is 5.97 Å². The number of nitrogens with one attached hydrogen (secondary N) is 2. The van der Waals surface area contributed by atoms with Crippen molar-refractivity contribution in [2.45, 2.75) is 32.2 Å². The molecule has 2 N–H and O–H groups in total. The fraction of sp³-hybridized carbons (Fsp3) is 0.519. The van der Waals surface area contributed by atoms with Crippen molar-refractivity contribution in [2.24, 2.45) is 0 Å². The molecule has 3 aromatic rings. The molecule has 1 aromatic carbocycles. The molecular weight excluding hydrogens is 456 g/mol. The van der Waals surface area contributed by atoms with E-state index < -0.39 is 0 Å². The van der Waals surface area contributed by atoms with Gasteiger partial charge in [-0.15, -0.1) is 0 Å². The number of esters is 1. The van der Waals surface area contributed by atoms with Gasteiger partial charge in [0, 0.05) is 64.5 Å². The number of anilines is 1. The highest BCUT2D eigenvalue weighted by molar-refractivity contribution is 5.87. The van der Waals surface area contributed by atoms with Crippen LogP contribution >= 0.6 is 0 Å². The predicted octanol–water partition coefficient (Wildman–Crippen LogP) is 3.09. The number of ether oxygens (including phenoxy) is 2. The first-order chi connectivity index (χ1) is 17.7.